The Morgan fingerprint density at radius 3 is 2.43 bits per heavy atom. The number of hydrogen-bond donors (Lipinski definition) is 0. The Hall–Kier alpha value is -0.113. The summed E-state index contributed by atoms with van der Waals surface area (Å²) in [7, 11) is 3.27. The van der Waals surface area contributed by atoms with Gasteiger partial charge in [-0.2, -0.15) is 0 Å². The molecule has 2 heteroatoms. The van der Waals surface area contributed by atoms with Gasteiger partial charge in [0.2, 0.25) is 0 Å². The Bertz CT molecular complexity index is 61.1. The van der Waals surface area contributed by atoms with Gasteiger partial charge in [0.15, 0.2) is 0 Å². The summed E-state index contributed by atoms with van der Waals surface area (Å²) in [5.41, 5.74) is 0. The fraction of sp³-hybridized carbons (Fsp3) is 0.800. The normalized spacial score (nSPS) is 8.86. The smallest absolute Gasteiger partial charge is 0.129 e. The minimum atomic E-state index is 0.276. The molecule has 0 rings (SSSR count). The third-order valence-electron chi connectivity index (χ3n) is 0.706. The van der Waals surface area contributed by atoms with Gasteiger partial charge >= 0.3 is 0 Å². The lowest BCUT2D eigenvalue weighted by atomic mass is 10.3. The summed E-state index contributed by atoms with van der Waals surface area (Å²) in [5.74, 6) is 0.276. The van der Waals surface area contributed by atoms with Crippen LogP contribution in [0.15, 0.2) is 0 Å². The van der Waals surface area contributed by atoms with Crippen LogP contribution in [0, 0.1) is 0 Å². The van der Waals surface area contributed by atoms with Crippen LogP contribution in [-0.4, -0.2) is 16.0 Å². The van der Waals surface area contributed by atoms with Crippen LogP contribution in [0.5, 0.6) is 0 Å². The topological polar surface area (TPSA) is 17.1 Å². The second kappa shape index (κ2) is 4.06. The molecule has 1 nitrogen and oxygen atoms in total. The van der Waals surface area contributed by atoms with Gasteiger partial charge in [-0.05, 0) is 13.3 Å². The van der Waals surface area contributed by atoms with Gasteiger partial charge < -0.3 is 4.79 Å². The monoisotopic (exact) mass is 113 g/mol. The summed E-state index contributed by atoms with van der Waals surface area (Å²) in [5, 5.41) is 0. The standard InChI is InChI=1S/C5H9OSi/c1-5(6)3-2-4-7/h2-4H2,1H3. The predicted octanol–water partition coefficient (Wildman–Crippen LogP) is 0.942. The summed E-state index contributed by atoms with van der Waals surface area (Å²) < 4.78 is 0. The Morgan fingerprint density at radius 2 is 2.29 bits per heavy atom. The van der Waals surface area contributed by atoms with Crippen LogP contribution >= 0.6 is 0 Å². The van der Waals surface area contributed by atoms with E-state index in [1.54, 1.807) is 6.92 Å². The molecule has 0 amide bonds. The molecular formula is C5H9OSi. The lowest BCUT2D eigenvalue weighted by molar-refractivity contribution is -0.117. The van der Waals surface area contributed by atoms with Crippen molar-refractivity contribution in [3.8, 4) is 0 Å². The zero-order valence-electron chi connectivity index (χ0n) is 4.53. The highest BCUT2D eigenvalue weighted by molar-refractivity contribution is 6.08. The number of rotatable bonds is 3. The third-order valence-corrected chi connectivity index (χ3v) is 1.06. The maximum atomic E-state index is 10.2. The molecule has 0 aliphatic heterocycles. The largest absolute Gasteiger partial charge is 0.300 e. The van der Waals surface area contributed by atoms with Crippen molar-refractivity contribution in [1.82, 2.24) is 0 Å². The van der Waals surface area contributed by atoms with Crippen molar-refractivity contribution in [3.05, 3.63) is 0 Å². The number of carbonyl (C=O) groups excluding carboxylic acids is 1. The van der Waals surface area contributed by atoms with Gasteiger partial charge in [-0.1, -0.05) is 6.04 Å². The molecule has 0 bridgehead atoms. The van der Waals surface area contributed by atoms with Crippen molar-refractivity contribution in [3.63, 3.8) is 0 Å². The van der Waals surface area contributed by atoms with E-state index in [2.05, 4.69) is 10.2 Å². The maximum absolute atomic E-state index is 10.2. The molecule has 0 unspecified atom stereocenters. The van der Waals surface area contributed by atoms with Crippen LogP contribution < -0.4 is 0 Å². The molecule has 7 heavy (non-hydrogen) atoms. The zero-order valence-corrected chi connectivity index (χ0v) is 5.53. The molecule has 0 N–H and O–H groups in total. The van der Waals surface area contributed by atoms with Crippen LogP contribution in [0.2, 0.25) is 6.04 Å². The van der Waals surface area contributed by atoms with Crippen molar-refractivity contribution < 1.29 is 4.79 Å². The van der Waals surface area contributed by atoms with Crippen molar-refractivity contribution in [1.29, 1.82) is 0 Å². The maximum Gasteiger partial charge on any atom is 0.129 e. The first-order chi connectivity index (χ1) is 3.27. The van der Waals surface area contributed by atoms with Crippen molar-refractivity contribution >= 4 is 16.0 Å². The van der Waals surface area contributed by atoms with E-state index in [1.165, 1.54) is 0 Å². The number of ketones is 1. The number of Topliss-reactive ketones (excluding diaryl/α,β-unsaturated/α-hetero) is 1. The number of carbonyl (C=O) groups is 1. The van der Waals surface area contributed by atoms with Crippen LogP contribution in [0.3, 0.4) is 0 Å². The Labute approximate surface area is 47.5 Å². The van der Waals surface area contributed by atoms with Crippen molar-refractivity contribution in [2.24, 2.45) is 0 Å². The molecular weight excluding hydrogens is 104 g/mol. The molecule has 0 spiro atoms. The molecule has 39 valence electrons. The van der Waals surface area contributed by atoms with Crippen molar-refractivity contribution in [2.45, 2.75) is 25.8 Å². The quantitative estimate of drug-likeness (QED) is 0.498. The molecule has 0 aromatic rings. The van der Waals surface area contributed by atoms with E-state index in [4.69, 9.17) is 0 Å². The molecule has 0 aliphatic rings. The van der Waals surface area contributed by atoms with Gasteiger partial charge in [0.25, 0.3) is 0 Å². The van der Waals surface area contributed by atoms with Crippen LogP contribution in [-0.2, 0) is 4.79 Å². The molecule has 0 heterocycles. The van der Waals surface area contributed by atoms with Gasteiger partial charge in [-0.25, -0.2) is 0 Å². The van der Waals surface area contributed by atoms with Crippen LogP contribution in [0.4, 0.5) is 0 Å². The van der Waals surface area contributed by atoms with Gasteiger partial charge in [0.1, 0.15) is 5.78 Å². The van der Waals surface area contributed by atoms with E-state index in [0.29, 0.717) is 6.42 Å². The lowest BCUT2D eigenvalue weighted by Gasteiger charge is -1.86. The predicted molar refractivity (Wildman–Crippen MR) is 30.5 cm³/mol. The van der Waals surface area contributed by atoms with Gasteiger partial charge in [0, 0.05) is 16.7 Å². The fourth-order valence-electron chi connectivity index (χ4n) is 0.337. The SMILES string of the molecule is CC(=O)CCC[Si]. The van der Waals surface area contributed by atoms with Crippen molar-refractivity contribution in [2.75, 3.05) is 0 Å². The summed E-state index contributed by atoms with van der Waals surface area (Å²) in [4.78, 5) is 10.2. The first-order valence-corrected chi connectivity index (χ1v) is 3.12. The van der Waals surface area contributed by atoms with E-state index in [9.17, 15) is 4.79 Å². The molecule has 0 saturated carbocycles. The second-order valence-electron chi connectivity index (χ2n) is 1.56. The van der Waals surface area contributed by atoms with Gasteiger partial charge in [-0.3, -0.25) is 0 Å². The first-order valence-electron chi connectivity index (χ1n) is 2.41. The molecule has 0 aromatic carbocycles. The average Bonchev–Trinajstić information content (AvgIpc) is 1.61. The van der Waals surface area contributed by atoms with Crippen LogP contribution in [0.1, 0.15) is 19.8 Å². The summed E-state index contributed by atoms with van der Waals surface area (Å²) in [6.45, 7) is 1.61. The second-order valence-corrected chi connectivity index (χ2v) is 2.06. The zero-order chi connectivity index (χ0) is 5.70. The molecule has 0 atom stereocenters. The van der Waals surface area contributed by atoms with E-state index in [1.807, 2.05) is 0 Å². The first kappa shape index (κ1) is 6.89. The molecule has 0 fully saturated rings. The average molecular weight is 113 g/mol. The molecule has 3 radical (unpaired) electrons. The van der Waals surface area contributed by atoms with E-state index < -0.39 is 0 Å². The van der Waals surface area contributed by atoms with E-state index in [0.717, 1.165) is 12.5 Å². The molecule has 0 aliphatic carbocycles. The highest BCUT2D eigenvalue weighted by Crippen LogP contribution is 1.91. The Balaban J connectivity index is 2.82. The lowest BCUT2D eigenvalue weighted by Crippen LogP contribution is -1.87. The minimum Gasteiger partial charge on any atom is -0.300 e. The highest BCUT2D eigenvalue weighted by atomic mass is 28.1. The Kier molecular flexibility index (Phi) is 3.99. The van der Waals surface area contributed by atoms with E-state index >= 15 is 0 Å². The third kappa shape index (κ3) is 5.89. The van der Waals surface area contributed by atoms with Crippen LogP contribution in [0.25, 0.3) is 0 Å². The van der Waals surface area contributed by atoms with E-state index in [-0.39, 0.29) is 5.78 Å². The van der Waals surface area contributed by atoms with Gasteiger partial charge in [-0.15, -0.1) is 0 Å². The highest BCUT2D eigenvalue weighted by Gasteiger charge is 1.87. The molecule has 0 aromatic heterocycles. The summed E-state index contributed by atoms with van der Waals surface area (Å²) in [6.07, 6.45) is 1.68. The Morgan fingerprint density at radius 1 is 1.71 bits per heavy atom. The fourth-order valence-corrected chi connectivity index (χ4v) is 0.514. The van der Waals surface area contributed by atoms with Gasteiger partial charge in [0.05, 0.1) is 0 Å². The minimum absolute atomic E-state index is 0.276. The summed E-state index contributed by atoms with van der Waals surface area (Å²) >= 11 is 0. The summed E-state index contributed by atoms with van der Waals surface area (Å²) in [6, 6.07) is 0.930. The molecule has 0 saturated heterocycles. The number of hydrogen-bond acceptors (Lipinski definition) is 1.